The van der Waals surface area contributed by atoms with E-state index in [1.807, 2.05) is 10.3 Å². The molecule has 3 rings (SSSR count). The molecule has 1 saturated heterocycles. The standard InChI is InChI=1S/C10H13N7OS/c11-10-13-14-15-17(10)6-8(18)16-4-1-2-7(16)9-12-3-5-19-9/h3,5,7H,1-2,4,6H2,(H2,11,13,15). The Bertz CT molecular complexity index is 566. The minimum absolute atomic E-state index is 0.0308. The van der Waals surface area contributed by atoms with Crippen LogP contribution in [0.4, 0.5) is 5.95 Å². The number of tetrazole rings is 1. The number of nitrogen functional groups attached to an aromatic ring is 1. The molecule has 2 aromatic rings. The van der Waals surface area contributed by atoms with Crippen LogP contribution >= 0.6 is 11.3 Å². The van der Waals surface area contributed by atoms with E-state index in [2.05, 4.69) is 20.5 Å². The molecule has 1 unspecified atom stereocenters. The Morgan fingerprint density at radius 1 is 1.58 bits per heavy atom. The van der Waals surface area contributed by atoms with Crippen LogP contribution in [0.3, 0.4) is 0 Å². The highest BCUT2D eigenvalue weighted by molar-refractivity contribution is 7.09. The molecule has 0 aromatic carbocycles. The first-order chi connectivity index (χ1) is 9.25. The molecular formula is C10H13N7OS. The predicted molar refractivity (Wildman–Crippen MR) is 68.0 cm³/mol. The highest BCUT2D eigenvalue weighted by Crippen LogP contribution is 2.33. The maximum Gasteiger partial charge on any atom is 0.245 e. The number of hydrogen-bond acceptors (Lipinski definition) is 7. The zero-order valence-electron chi connectivity index (χ0n) is 10.1. The molecular weight excluding hydrogens is 266 g/mol. The largest absolute Gasteiger partial charge is 0.367 e. The van der Waals surface area contributed by atoms with Crippen LogP contribution < -0.4 is 5.73 Å². The zero-order valence-corrected chi connectivity index (χ0v) is 11.0. The number of nitrogens with two attached hydrogens (primary N) is 1. The maximum absolute atomic E-state index is 12.3. The van der Waals surface area contributed by atoms with Gasteiger partial charge >= 0.3 is 0 Å². The van der Waals surface area contributed by atoms with Gasteiger partial charge in [0, 0.05) is 18.1 Å². The lowest BCUT2D eigenvalue weighted by molar-refractivity contribution is -0.133. The van der Waals surface area contributed by atoms with Crippen LogP contribution in [0.15, 0.2) is 11.6 Å². The van der Waals surface area contributed by atoms with Crippen molar-refractivity contribution in [3.8, 4) is 0 Å². The van der Waals surface area contributed by atoms with E-state index in [0.717, 1.165) is 24.4 Å². The zero-order chi connectivity index (χ0) is 13.2. The fourth-order valence-electron chi connectivity index (χ4n) is 2.26. The van der Waals surface area contributed by atoms with Gasteiger partial charge in [-0.15, -0.1) is 11.3 Å². The van der Waals surface area contributed by atoms with Crippen LogP contribution in [0.1, 0.15) is 23.9 Å². The SMILES string of the molecule is Nc1nnnn1CC(=O)N1CCCC1c1nccs1. The minimum atomic E-state index is -0.0308. The van der Waals surface area contributed by atoms with Crippen molar-refractivity contribution >= 4 is 23.2 Å². The van der Waals surface area contributed by atoms with Gasteiger partial charge in [-0.05, 0) is 23.3 Å². The Hall–Kier alpha value is -2.03. The highest BCUT2D eigenvalue weighted by Gasteiger charge is 2.31. The molecule has 0 bridgehead atoms. The van der Waals surface area contributed by atoms with Gasteiger partial charge in [-0.2, -0.15) is 0 Å². The number of hydrogen-bond donors (Lipinski definition) is 1. The molecule has 8 nitrogen and oxygen atoms in total. The van der Waals surface area contributed by atoms with E-state index in [9.17, 15) is 4.79 Å². The molecule has 1 atom stereocenters. The van der Waals surface area contributed by atoms with Crippen LogP contribution in [0, 0.1) is 0 Å². The molecule has 19 heavy (non-hydrogen) atoms. The van der Waals surface area contributed by atoms with Gasteiger partial charge < -0.3 is 10.6 Å². The van der Waals surface area contributed by atoms with Gasteiger partial charge in [0.2, 0.25) is 11.9 Å². The second-order valence-electron chi connectivity index (χ2n) is 4.31. The van der Waals surface area contributed by atoms with Gasteiger partial charge in [0.15, 0.2) is 0 Å². The molecule has 0 saturated carbocycles. The first-order valence-electron chi connectivity index (χ1n) is 5.96. The lowest BCUT2D eigenvalue weighted by Gasteiger charge is -2.22. The number of amides is 1. The lowest BCUT2D eigenvalue weighted by Crippen LogP contribution is -2.34. The van der Waals surface area contributed by atoms with Gasteiger partial charge in [0.05, 0.1) is 6.04 Å². The summed E-state index contributed by atoms with van der Waals surface area (Å²) in [5, 5.41) is 13.6. The van der Waals surface area contributed by atoms with Crippen molar-refractivity contribution in [3.63, 3.8) is 0 Å². The van der Waals surface area contributed by atoms with Crippen LogP contribution in [0.25, 0.3) is 0 Å². The molecule has 9 heteroatoms. The monoisotopic (exact) mass is 279 g/mol. The minimum Gasteiger partial charge on any atom is -0.367 e. The van der Waals surface area contributed by atoms with E-state index in [-0.39, 0.29) is 24.4 Å². The number of rotatable bonds is 3. The fourth-order valence-corrected chi connectivity index (χ4v) is 3.05. The topological polar surface area (TPSA) is 103 Å². The maximum atomic E-state index is 12.3. The number of carbonyl (C=O) groups is 1. The number of aromatic nitrogens is 5. The Labute approximate surface area is 113 Å². The van der Waals surface area contributed by atoms with Crippen molar-refractivity contribution in [1.29, 1.82) is 0 Å². The highest BCUT2D eigenvalue weighted by atomic mass is 32.1. The van der Waals surface area contributed by atoms with Crippen molar-refractivity contribution in [2.45, 2.75) is 25.4 Å². The predicted octanol–water partition coefficient (Wildman–Crippen LogP) is 0.0755. The molecule has 1 aliphatic heterocycles. The summed E-state index contributed by atoms with van der Waals surface area (Å²) in [6.07, 6.45) is 3.70. The molecule has 100 valence electrons. The number of anilines is 1. The van der Waals surface area contributed by atoms with Crippen LogP contribution in [-0.4, -0.2) is 42.5 Å². The smallest absolute Gasteiger partial charge is 0.245 e. The molecule has 0 aliphatic carbocycles. The van der Waals surface area contributed by atoms with Gasteiger partial charge in [-0.3, -0.25) is 4.79 Å². The summed E-state index contributed by atoms with van der Waals surface area (Å²) in [7, 11) is 0. The molecule has 3 heterocycles. The van der Waals surface area contributed by atoms with Crippen molar-refractivity contribution < 1.29 is 4.79 Å². The average molecular weight is 279 g/mol. The van der Waals surface area contributed by atoms with Crippen molar-refractivity contribution in [3.05, 3.63) is 16.6 Å². The molecule has 2 aromatic heterocycles. The molecule has 1 aliphatic rings. The summed E-state index contributed by atoms with van der Waals surface area (Å²) in [4.78, 5) is 18.4. The summed E-state index contributed by atoms with van der Waals surface area (Å²) in [5.74, 6) is 0.120. The first kappa shape index (κ1) is 12.0. The Morgan fingerprint density at radius 2 is 2.47 bits per heavy atom. The summed E-state index contributed by atoms with van der Waals surface area (Å²) in [5.41, 5.74) is 5.56. The summed E-state index contributed by atoms with van der Waals surface area (Å²) < 4.78 is 1.31. The van der Waals surface area contributed by atoms with E-state index in [0.29, 0.717) is 0 Å². The lowest BCUT2D eigenvalue weighted by atomic mass is 10.2. The van der Waals surface area contributed by atoms with Gasteiger partial charge in [0.1, 0.15) is 11.6 Å². The van der Waals surface area contributed by atoms with E-state index >= 15 is 0 Å². The Kier molecular flexibility index (Phi) is 3.11. The summed E-state index contributed by atoms with van der Waals surface area (Å²) >= 11 is 1.58. The van der Waals surface area contributed by atoms with E-state index in [1.54, 1.807) is 17.5 Å². The van der Waals surface area contributed by atoms with Gasteiger partial charge in [0.25, 0.3) is 0 Å². The normalized spacial score (nSPS) is 18.9. The second-order valence-corrected chi connectivity index (χ2v) is 5.24. The van der Waals surface area contributed by atoms with E-state index in [1.165, 1.54) is 4.68 Å². The number of nitrogens with zero attached hydrogens (tertiary/aromatic N) is 6. The summed E-state index contributed by atoms with van der Waals surface area (Å²) in [6, 6.07) is 0.0743. The summed E-state index contributed by atoms with van der Waals surface area (Å²) in [6.45, 7) is 0.811. The fraction of sp³-hybridized carbons (Fsp3) is 0.500. The number of thiazole rings is 1. The average Bonchev–Trinajstić information content (AvgIpc) is 3.09. The van der Waals surface area contributed by atoms with Gasteiger partial charge in [-0.1, -0.05) is 5.10 Å². The third-order valence-corrected chi connectivity index (χ3v) is 4.03. The van der Waals surface area contributed by atoms with Crippen molar-refractivity contribution in [1.82, 2.24) is 30.1 Å². The second kappa shape index (κ2) is 4.92. The Balaban J connectivity index is 1.74. The quantitative estimate of drug-likeness (QED) is 0.853. The molecule has 0 radical (unpaired) electrons. The van der Waals surface area contributed by atoms with Crippen molar-refractivity contribution in [2.24, 2.45) is 0 Å². The van der Waals surface area contributed by atoms with Crippen LogP contribution in [-0.2, 0) is 11.3 Å². The number of carbonyl (C=O) groups excluding carboxylic acids is 1. The van der Waals surface area contributed by atoms with Crippen molar-refractivity contribution in [2.75, 3.05) is 12.3 Å². The molecule has 1 fully saturated rings. The van der Waals surface area contributed by atoms with Gasteiger partial charge in [-0.25, -0.2) is 9.67 Å². The Morgan fingerprint density at radius 3 is 3.16 bits per heavy atom. The molecule has 1 amide bonds. The third-order valence-electron chi connectivity index (χ3n) is 3.15. The third kappa shape index (κ3) is 2.28. The van der Waals surface area contributed by atoms with Crippen LogP contribution in [0.5, 0.6) is 0 Å². The molecule has 2 N–H and O–H groups in total. The molecule has 0 spiro atoms. The van der Waals surface area contributed by atoms with Crippen LogP contribution in [0.2, 0.25) is 0 Å². The van der Waals surface area contributed by atoms with E-state index < -0.39 is 0 Å². The van der Waals surface area contributed by atoms with E-state index in [4.69, 9.17) is 5.73 Å². The number of likely N-dealkylation sites (tertiary alicyclic amines) is 1. The first-order valence-corrected chi connectivity index (χ1v) is 6.84.